The van der Waals surface area contributed by atoms with Gasteiger partial charge in [-0.1, -0.05) is 25.1 Å². The molecule has 1 aliphatic rings. The maximum atomic E-state index is 12.6. The van der Waals surface area contributed by atoms with Gasteiger partial charge in [0.05, 0.1) is 5.41 Å². The highest BCUT2D eigenvalue weighted by atomic mass is 16.2. The van der Waals surface area contributed by atoms with Crippen LogP contribution in [0.25, 0.3) is 0 Å². The molecule has 0 radical (unpaired) electrons. The van der Waals surface area contributed by atoms with E-state index in [9.17, 15) is 4.79 Å². The summed E-state index contributed by atoms with van der Waals surface area (Å²) >= 11 is 0. The summed E-state index contributed by atoms with van der Waals surface area (Å²) in [4.78, 5) is 14.4. The Morgan fingerprint density at radius 3 is 2.65 bits per heavy atom. The highest BCUT2D eigenvalue weighted by Gasteiger charge is 2.41. The number of nitrogens with zero attached hydrogens (tertiary/aromatic N) is 1. The molecule has 1 fully saturated rings. The van der Waals surface area contributed by atoms with Crippen molar-refractivity contribution in [3.05, 3.63) is 30.3 Å². The molecule has 1 aromatic rings. The third-order valence-electron chi connectivity index (χ3n) is 3.82. The van der Waals surface area contributed by atoms with Crippen LogP contribution in [0.4, 0.5) is 5.69 Å². The van der Waals surface area contributed by atoms with Crippen LogP contribution in [0, 0.1) is 5.41 Å². The molecule has 1 aliphatic heterocycles. The molecule has 1 aromatic carbocycles. The second-order valence-electron chi connectivity index (χ2n) is 4.76. The number of anilines is 1. The number of hydrogen-bond donors (Lipinski definition) is 1. The Hall–Kier alpha value is -1.35. The monoisotopic (exact) mass is 232 g/mol. The molecule has 0 aliphatic carbocycles. The Balaban J connectivity index is 2.19. The minimum absolute atomic E-state index is 0.204. The molecule has 1 saturated heterocycles. The lowest BCUT2D eigenvalue weighted by Gasteiger charge is -2.30. The Morgan fingerprint density at radius 2 is 2.12 bits per heavy atom. The van der Waals surface area contributed by atoms with Crippen molar-refractivity contribution in [1.29, 1.82) is 0 Å². The normalized spacial score (nSPS) is 23.6. The van der Waals surface area contributed by atoms with E-state index in [1.165, 1.54) is 0 Å². The predicted octanol–water partition coefficient (Wildman–Crippen LogP) is 2.04. The van der Waals surface area contributed by atoms with Crippen LogP contribution in [0.15, 0.2) is 30.3 Å². The second kappa shape index (κ2) is 4.88. The third kappa shape index (κ3) is 2.20. The molecule has 1 amide bonds. The van der Waals surface area contributed by atoms with E-state index in [1.807, 2.05) is 37.4 Å². The Labute approximate surface area is 103 Å². The zero-order valence-corrected chi connectivity index (χ0v) is 10.6. The Kier molecular flexibility index (Phi) is 3.48. The van der Waals surface area contributed by atoms with Crippen LogP contribution in [0.3, 0.4) is 0 Å². The van der Waals surface area contributed by atoms with Crippen LogP contribution in [-0.2, 0) is 4.79 Å². The van der Waals surface area contributed by atoms with Crippen LogP contribution in [0.2, 0.25) is 0 Å². The molecule has 1 atom stereocenters. The molecule has 0 spiro atoms. The van der Waals surface area contributed by atoms with Gasteiger partial charge in [-0.05, 0) is 31.5 Å². The van der Waals surface area contributed by atoms with Gasteiger partial charge in [0.25, 0.3) is 0 Å². The van der Waals surface area contributed by atoms with Crippen molar-refractivity contribution < 1.29 is 4.79 Å². The molecule has 3 heteroatoms. The van der Waals surface area contributed by atoms with Crippen molar-refractivity contribution >= 4 is 11.6 Å². The molecular weight excluding hydrogens is 212 g/mol. The molecule has 0 saturated carbocycles. The summed E-state index contributed by atoms with van der Waals surface area (Å²) in [5.74, 6) is 0.233. The van der Waals surface area contributed by atoms with E-state index in [1.54, 1.807) is 4.90 Å². The van der Waals surface area contributed by atoms with Crippen LogP contribution >= 0.6 is 0 Å². The zero-order valence-electron chi connectivity index (χ0n) is 10.6. The molecule has 0 aromatic heterocycles. The van der Waals surface area contributed by atoms with Crippen molar-refractivity contribution in [2.75, 3.05) is 25.0 Å². The lowest BCUT2D eigenvalue weighted by molar-refractivity contribution is -0.127. The maximum Gasteiger partial charge on any atom is 0.234 e. The van der Waals surface area contributed by atoms with E-state index < -0.39 is 0 Å². The van der Waals surface area contributed by atoms with Gasteiger partial charge in [-0.3, -0.25) is 4.79 Å². The number of nitrogens with one attached hydrogen (secondary N) is 1. The van der Waals surface area contributed by atoms with Crippen molar-refractivity contribution in [1.82, 2.24) is 5.32 Å². The molecule has 17 heavy (non-hydrogen) atoms. The van der Waals surface area contributed by atoms with E-state index in [2.05, 4.69) is 12.2 Å². The molecule has 92 valence electrons. The molecule has 1 unspecified atom stereocenters. The number of carbonyl (C=O) groups excluding carboxylic acids is 1. The van der Waals surface area contributed by atoms with E-state index in [4.69, 9.17) is 0 Å². The molecule has 0 bridgehead atoms. The van der Waals surface area contributed by atoms with Gasteiger partial charge in [-0.25, -0.2) is 0 Å². The van der Waals surface area contributed by atoms with E-state index >= 15 is 0 Å². The molecule has 2 rings (SSSR count). The largest absolute Gasteiger partial charge is 0.316 e. The minimum atomic E-state index is -0.204. The second-order valence-corrected chi connectivity index (χ2v) is 4.76. The highest BCUT2D eigenvalue weighted by molar-refractivity contribution is 5.97. The first kappa shape index (κ1) is 12.1. The number of carbonyl (C=O) groups is 1. The third-order valence-corrected chi connectivity index (χ3v) is 3.82. The number of amides is 1. The van der Waals surface area contributed by atoms with Crippen LogP contribution in [0.5, 0.6) is 0 Å². The summed E-state index contributed by atoms with van der Waals surface area (Å²) in [6.07, 6.45) is 1.84. The minimum Gasteiger partial charge on any atom is -0.316 e. The van der Waals surface area contributed by atoms with E-state index in [0.717, 1.165) is 31.6 Å². The van der Waals surface area contributed by atoms with Gasteiger partial charge in [0, 0.05) is 19.3 Å². The molecule has 1 N–H and O–H groups in total. The van der Waals surface area contributed by atoms with Crippen LogP contribution < -0.4 is 10.2 Å². The van der Waals surface area contributed by atoms with Crippen molar-refractivity contribution in [2.24, 2.45) is 5.41 Å². The predicted molar refractivity (Wildman–Crippen MR) is 70.1 cm³/mol. The highest BCUT2D eigenvalue weighted by Crippen LogP contribution is 2.32. The average molecular weight is 232 g/mol. The molecule has 1 heterocycles. The van der Waals surface area contributed by atoms with Gasteiger partial charge in [0.15, 0.2) is 0 Å². The first-order valence-corrected chi connectivity index (χ1v) is 6.23. The Bertz CT molecular complexity index is 382. The fourth-order valence-electron chi connectivity index (χ4n) is 2.50. The number of rotatable bonds is 3. The SMILES string of the molecule is CCC1(C(=O)N(C)c2ccccc2)CCNC1. The summed E-state index contributed by atoms with van der Waals surface area (Å²) in [5, 5.41) is 3.30. The van der Waals surface area contributed by atoms with Gasteiger partial charge >= 0.3 is 0 Å². The number of hydrogen-bond acceptors (Lipinski definition) is 2. The number of para-hydroxylation sites is 1. The van der Waals surface area contributed by atoms with Gasteiger partial charge in [-0.15, -0.1) is 0 Å². The van der Waals surface area contributed by atoms with Crippen molar-refractivity contribution in [3.8, 4) is 0 Å². The van der Waals surface area contributed by atoms with E-state index in [-0.39, 0.29) is 11.3 Å². The lowest BCUT2D eigenvalue weighted by Crippen LogP contribution is -2.43. The van der Waals surface area contributed by atoms with Gasteiger partial charge in [-0.2, -0.15) is 0 Å². The summed E-state index contributed by atoms with van der Waals surface area (Å²) < 4.78 is 0. The van der Waals surface area contributed by atoms with Crippen molar-refractivity contribution in [3.63, 3.8) is 0 Å². The summed E-state index contributed by atoms with van der Waals surface area (Å²) in [7, 11) is 1.87. The summed E-state index contributed by atoms with van der Waals surface area (Å²) in [6, 6.07) is 9.84. The topological polar surface area (TPSA) is 32.3 Å². The summed E-state index contributed by atoms with van der Waals surface area (Å²) in [6.45, 7) is 3.85. The average Bonchev–Trinajstić information content (AvgIpc) is 2.88. The van der Waals surface area contributed by atoms with Gasteiger partial charge in [0.2, 0.25) is 5.91 Å². The van der Waals surface area contributed by atoms with E-state index in [0.29, 0.717) is 0 Å². The standard InChI is InChI=1S/C14H20N2O/c1-3-14(9-10-15-11-14)13(17)16(2)12-7-5-4-6-8-12/h4-8,15H,3,9-11H2,1-2H3. The summed E-state index contributed by atoms with van der Waals surface area (Å²) in [5.41, 5.74) is 0.766. The van der Waals surface area contributed by atoms with Gasteiger partial charge in [0.1, 0.15) is 0 Å². The number of benzene rings is 1. The molecule has 3 nitrogen and oxygen atoms in total. The van der Waals surface area contributed by atoms with Gasteiger partial charge < -0.3 is 10.2 Å². The smallest absolute Gasteiger partial charge is 0.234 e. The lowest BCUT2D eigenvalue weighted by atomic mass is 9.82. The fourth-order valence-corrected chi connectivity index (χ4v) is 2.50. The first-order chi connectivity index (χ1) is 8.19. The Morgan fingerprint density at radius 1 is 1.41 bits per heavy atom. The van der Waals surface area contributed by atoms with Crippen molar-refractivity contribution in [2.45, 2.75) is 19.8 Å². The van der Waals surface area contributed by atoms with Crippen LogP contribution in [-0.4, -0.2) is 26.0 Å². The first-order valence-electron chi connectivity index (χ1n) is 6.23. The fraction of sp³-hybridized carbons (Fsp3) is 0.500. The zero-order chi connectivity index (χ0) is 12.3. The van der Waals surface area contributed by atoms with Crippen LogP contribution in [0.1, 0.15) is 19.8 Å². The molecular formula is C14H20N2O. The quantitative estimate of drug-likeness (QED) is 0.865. The maximum absolute atomic E-state index is 12.6.